The van der Waals surface area contributed by atoms with Crippen molar-refractivity contribution in [2.24, 2.45) is 0 Å². The van der Waals surface area contributed by atoms with Gasteiger partial charge in [-0.2, -0.15) is 0 Å². The zero-order valence-corrected chi connectivity index (χ0v) is 18.6. The van der Waals surface area contributed by atoms with E-state index in [4.69, 9.17) is 9.47 Å². The number of carbonyl (C=O) groups is 1. The quantitative estimate of drug-likeness (QED) is 0.550. The van der Waals surface area contributed by atoms with Gasteiger partial charge in [0.1, 0.15) is 5.82 Å². The third-order valence-electron chi connectivity index (χ3n) is 4.72. The van der Waals surface area contributed by atoms with E-state index < -0.39 is 21.7 Å². The summed E-state index contributed by atoms with van der Waals surface area (Å²) in [7, 11) is -1.11. The van der Waals surface area contributed by atoms with E-state index in [-0.39, 0.29) is 34.9 Å². The van der Waals surface area contributed by atoms with Crippen molar-refractivity contribution in [1.29, 1.82) is 0 Å². The Kier molecular flexibility index (Phi) is 6.99. The summed E-state index contributed by atoms with van der Waals surface area (Å²) >= 11 is 0. The molecule has 0 radical (unpaired) electrons. The lowest BCUT2D eigenvalue weighted by molar-refractivity contribution is 0.102. The second-order valence-corrected chi connectivity index (χ2v) is 8.81. The van der Waals surface area contributed by atoms with Crippen LogP contribution in [0.1, 0.15) is 15.9 Å². The summed E-state index contributed by atoms with van der Waals surface area (Å²) in [6, 6.07) is 17.3. The highest BCUT2D eigenvalue weighted by Gasteiger charge is 2.27. The fourth-order valence-electron chi connectivity index (χ4n) is 3.14. The van der Waals surface area contributed by atoms with Crippen molar-refractivity contribution in [3.63, 3.8) is 0 Å². The molecule has 0 fully saturated rings. The van der Waals surface area contributed by atoms with Gasteiger partial charge in [-0.15, -0.1) is 0 Å². The standard InChI is InChI=1S/C23H23FN2O5S/c1-30-21-13-18(23(27)25-17-10-5-4-6-11-17)20(14-22(21)31-2)26(32(3,28)29)15-16-9-7-8-12-19(16)24/h4-14H,15H2,1-3H3,(H,25,27). The Hall–Kier alpha value is -3.59. The molecular formula is C23H23FN2O5S. The van der Waals surface area contributed by atoms with Crippen LogP contribution in [0.2, 0.25) is 0 Å². The molecule has 3 aromatic rings. The van der Waals surface area contributed by atoms with Gasteiger partial charge in [-0.3, -0.25) is 9.10 Å². The van der Waals surface area contributed by atoms with Crippen LogP contribution in [0.15, 0.2) is 66.7 Å². The minimum Gasteiger partial charge on any atom is -0.493 e. The number of methoxy groups -OCH3 is 2. The molecule has 0 bridgehead atoms. The van der Waals surface area contributed by atoms with E-state index in [1.165, 1.54) is 44.6 Å². The number of halogens is 1. The first-order valence-electron chi connectivity index (χ1n) is 9.58. The molecule has 3 aromatic carbocycles. The summed E-state index contributed by atoms with van der Waals surface area (Å²) in [5.74, 6) is -0.652. The van der Waals surface area contributed by atoms with Crippen molar-refractivity contribution in [2.75, 3.05) is 30.1 Å². The van der Waals surface area contributed by atoms with Crippen molar-refractivity contribution < 1.29 is 27.1 Å². The number of hydrogen-bond acceptors (Lipinski definition) is 5. The van der Waals surface area contributed by atoms with Crippen LogP contribution in [0, 0.1) is 5.82 Å². The summed E-state index contributed by atoms with van der Waals surface area (Å²) in [6.07, 6.45) is 0.990. The topological polar surface area (TPSA) is 84.9 Å². The number of sulfonamides is 1. The molecule has 0 aromatic heterocycles. The maximum absolute atomic E-state index is 14.3. The first kappa shape index (κ1) is 23.1. The van der Waals surface area contributed by atoms with Gasteiger partial charge >= 0.3 is 0 Å². The average molecular weight is 459 g/mol. The zero-order chi connectivity index (χ0) is 23.3. The molecule has 0 aliphatic heterocycles. The summed E-state index contributed by atoms with van der Waals surface area (Å²) in [6.45, 7) is -0.313. The minimum absolute atomic E-state index is 0.0215. The number of ether oxygens (including phenoxy) is 2. The van der Waals surface area contributed by atoms with Crippen LogP contribution in [-0.4, -0.2) is 34.8 Å². The molecule has 1 amide bonds. The number of rotatable bonds is 8. The highest BCUT2D eigenvalue weighted by Crippen LogP contribution is 2.37. The van der Waals surface area contributed by atoms with Gasteiger partial charge in [-0.05, 0) is 24.3 Å². The molecule has 0 heterocycles. The van der Waals surface area contributed by atoms with E-state index in [9.17, 15) is 17.6 Å². The number of amides is 1. The summed E-state index contributed by atoms with van der Waals surface area (Å²) in [4.78, 5) is 13.2. The van der Waals surface area contributed by atoms with Crippen LogP contribution in [0.25, 0.3) is 0 Å². The van der Waals surface area contributed by atoms with Gasteiger partial charge in [0.2, 0.25) is 10.0 Å². The number of benzene rings is 3. The summed E-state index contributed by atoms with van der Waals surface area (Å²) in [5, 5.41) is 2.74. The van der Waals surface area contributed by atoms with Crippen LogP contribution < -0.4 is 19.1 Å². The van der Waals surface area contributed by atoms with E-state index in [2.05, 4.69) is 5.32 Å². The normalized spacial score (nSPS) is 11.0. The molecule has 9 heteroatoms. The van der Waals surface area contributed by atoms with Gasteiger partial charge in [-0.1, -0.05) is 36.4 Å². The third kappa shape index (κ3) is 5.17. The number of hydrogen-bond donors (Lipinski definition) is 1. The maximum atomic E-state index is 14.3. The fourth-order valence-corrected chi connectivity index (χ4v) is 4.02. The van der Waals surface area contributed by atoms with Crippen LogP contribution >= 0.6 is 0 Å². The van der Waals surface area contributed by atoms with Crippen LogP contribution in [0.3, 0.4) is 0 Å². The van der Waals surface area contributed by atoms with Gasteiger partial charge in [0.25, 0.3) is 5.91 Å². The van der Waals surface area contributed by atoms with Gasteiger partial charge in [0.15, 0.2) is 11.5 Å². The Balaban J connectivity index is 2.16. The predicted molar refractivity (Wildman–Crippen MR) is 121 cm³/mol. The van der Waals surface area contributed by atoms with Crippen molar-refractivity contribution in [3.8, 4) is 11.5 Å². The molecule has 0 saturated heterocycles. The smallest absolute Gasteiger partial charge is 0.257 e. The van der Waals surface area contributed by atoms with E-state index in [0.29, 0.717) is 5.69 Å². The van der Waals surface area contributed by atoms with Gasteiger partial charge < -0.3 is 14.8 Å². The van der Waals surface area contributed by atoms with Crippen LogP contribution in [-0.2, 0) is 16.6 Å². The lowest BCUT2D eigenvalue weighted by Gasteiger charge is -2.26. The predicted octanol–water partition coefficient (Wildman–Crippen LogP) is 4.06. The molecule has 0 unspecified atom stereocenters. The molecule has 7 nitrogen and oxygen atoms in total. The minimum atomic E-state index is -3.92. The molecule has 0 aliphatic carbocycles. The van der Waals surface area contributed by atoms with Crippen molar-refractivity contribution in [2.45, 2.75) is 6.54 Å². The van der Waals surface area contributed by atoms with Crippen LogP contribution in [0.4, 0.5) is 15.8 Å². The second-order valence-electron chi connectivity index (χ2n) is 6.91. The molecule has 0 atom stereocenters. The fraction of sp³-hybridized carbons (Fsp3) is 0.174. The molecule has 0 spiro atoms. The Labute approximate surface area is 186 Å². The molecular weight excluding hydrogens is 435 g/mol. The Morgan fingerprint density at radius 2 is 1.56 bits per heavy atom. The molecule has 168 valence electrons. The number of carbonyl (C=O) groups excluding carboxylic acids is 1. The third-order valence-corrected chi connectivity index (χ3v) is 5.85. The molecule has 0 saturated carbocycles. The number of anilines is 2. The van der Waals surface area contributed by atoms with E-state index >= 15 is 0 Å². The summed E-state index contributed by atoms with van der Waals surface area (Å²) < 4.78 is 51.4. The van der Waals surface area contributed by atoms with Crippen molar-refractivity contribution in [3.05, 3.63) is 83.7 Å². The van der Waals surface area contributed by atoms with Crippen LogP contribution in [0.5, 0.6) is 11.5 Å². The number of para-hydroxylation sites is 1. The highest BCUT2D eigenvalue weighted by molar-refractivity contribution is 7.92. The summed E-state index contributed by atoms with van der Waals surface area (Å²) in [5.41, 5.74) is 0.732. The first-order chi connectivity index (χ1) is 15.2. The highest BCUT2D eigenvalue weighted by atomic mass is 32.2. The number of nitrogens with zero attached hydrogens (tertiary/aromatic N) is 1. The van der Waals surface area contributed by atoms with E-state index in [1.54, 1.807) is 36.4 Å². The first-order valence-corrected chi connectivity index (χ1v) is 11.4. The lowest BCUT2D eigenvalue weighted by atomic mass is 10.1. The number of nitrogens with one attached hydrogen (secondary N) is 1. The SMILES string of the molecule is COc1cc(C(=O)Nc2ccccc2)c(N(Cc2ccccc2F)S(C)(=O)=O)cc1OC. The Morgan fingerprint density at radius 3 is 2.16 bits per heavy atom. The van der Waals surface area contributed by atoms with Gasteiger partial charge in [0, 0.05) is 17.3 Å². The lowest BCUT2D eigenvalue weighted by Crippen LogP contribution is -2.32. The molecule has 0 aliphatic rings. The van der Waals surface area contributed by atoms with Crippen molar-refractivity contribution in [1.82, 2.24) is 0 Å². The maximum Gasteiger partial charge on any atom is 0.257 e. The largest absolute Gasteiger partial charge is 0.493 e. The second kappa shape index (κ2) is 9.69. The average Bonchev–Trinajstić information content (AvgIpc) is 2.77. The molecule has 1 N–H and O–H groups in total. The monoisotopic (exact) mass is 458 g/mol. The van der Waals surface area contributed by atoms with Gasteiger partial charge in [-0.25, -0.2) is 12.8 Å². The van der Waals surface area contributed by atoms with E-state index in [1.807, 2.05) is 0 Å². The molecule has 3 rings (SSSR count). The van der Waals surface area contributed by atoms with Crippen molar-refractivity contribution >= 4 is 27.3 Å². The van der Waals surface area contributed by atoms with E-state index in [0.717, 1.165) is 10.6 Å². The zero-order valence-electron chi connectivity index (χ0n) is 17.8. The Bertz CT molecular complexity index is 1220. The molecule has 32 heavy (non-hydrogen) atoms. The Morgan fingerprint density at radius 1 is 0.969 bits per heavy atom. The van der Waals surface area contributed by atoms with Gasteiger partial charge in [0.05, 0.1) is 38.3 Å².